The van der Waals surface area contributed by atoms with Crippen molar-refractivity contribution in [3.8, 4) is 0 Å². The summed E-state index contributed by atoms with van der Waals surface area (Å²) >= 11 is 0. The Hall–Kier alpha value is -9.40. The van der Waals surface area contributed by atoms with Crippen LogP contribution < -0.4 is 27.0 Å². The molecular formula is C81H110N12O8. The van der Waals surface area contributed by atoms with Gasteiger partial charge in [0.25, 0.3) is 0 Å². The Kier molecular flexibility index (Phi) is 31.4. The molecule has 8 rings (SSSR count). The number of benzene rings is 6. The number of carbonyl (C=O) groups excluding carboxylic acids is 7. The van der Waals surface area contributed by atoms with Crippen LogP contribution in [-0.4, -0.2) is 205 Å². The van der Waals surface area contributed by atoms with Gasteiger partial charge >= 0.3 is 6.09 Å². The summed E-state index contributed by atoms with van der Waals surface area (Å²) in [6, 6.07) is 55.3. The molecule has 6 aromatic carbocycles. The molecule has 0 radical (unpaired) electrons. The SMILES string of the molecule is CN=C(NC)N[C@H](Cc1ccccc1)C(=O)N(CCc1ccccc1)C[C@@H]1CCCN1C(=O)[C@H](CCc1ccccc1)NC(=O)[C@H](C)N(C)C.C[C@@H](C(=O)N[C@@H](CCc1ccccc1)C(=O)N1CCC[C@H]1CN(CCc1ccccc1)C(=O)[C@H](N)Cc1ccccc1)N(C)C(=O)OC(C)(C)C. The van der Waals surface area contributed by atoms with E-state index in [0.29, 0.717) is 96.6 Å². The zero-order chi connectivity index (χ0) is 72.8. The van der Waals surface area contributed by atoms with Gasteiger partial charge in [-0.05, 0) is 153 Å². The number of likely N-dealkylation sites (tertiary alicyclic amines) is 2. The third-order valence-corrected chi connectivity index (χ3v) is 19.0. The maximum Gasteiger partial charge on any atom is 0.410 e. The molecule has 2 fully saturated rings. The smallest absolute Gasteiger partial charge is 0.410 e. The summed E-state index contributed by atoms with van der Waals surface area (Å²) in [7, 11) is 8.69. The van der Waals surface area contributed by atoms with Gasteiger partial charge in [-0.2, -0.15) is 0 Å². The van der Waals surface area contributed by atoms with Crippen molar-refractivity contribution in [2.45, 2.75) is 166 Å². The highest BCUT2D eigenvalue weighted by atomic mass is 16.6. The Balaban J connectivity index is 0.000000283. The molecule has 7 amide bonds. The van der Waals surface area contributed by atoms with E-state index in [4.69, 9.17) is 10.5 Å². The maximum atomic E-state index is 14.6. The molecule has 0 bridgehead atoms. The molecule has 0 saturated carbocycles. The average molecular weight is 1380 g/mol. The van der Waals surface area contributed by atoms with Gasteiger partial charge in [0.15, 0.2) is 5.96 Å². The van der Waals surface area contributed by atoms with Crippen LogP contribution in [0.3, 0.4) is 0 Å². The van der Waals surface area contributed by atoms with Gasteiger partial charge in [-0.3, -0.25) is 43.6 Å². The number of aliphatic imine (C=N–C) groups is 1. The Morgan fingerprint density at radius 1 is 0.515 bits per heavy atom. The first-order chi connectivity index (χ1) is 48.5. The zero-order valence-electron chi connectivity index (χ0n) is 61.1. The van der Waals surface area contributed by atoms with E-state index in [0.717, 1.165) is 59.1 Å². The molecule has 0 spiro atoms. The fourth-order valence-corrected chi connectivity index (χ4v) is 12.7. The lowest BCUT2D eigenvalue weighted by Crippen LogP contribution is -2.57. The molecule has 0 aromatic heterocycles. The standard InChI is InChI=1S/C41H55N5O5.C40H55N7O3/c1-30(44(5)40(50)51-41(2,3)4)37(47)43-36(24-23-31-16-9-6-10-17-31)39(49)46-26-15-22-34(46)29-45(27-25-32-18-11-7-12-19-32)38(48)35(42)28-33-20-13-8-14-21-33;1-30(45(4)5)37(48)43-35(24-23-31-16-9-6-10-17-31)39(50)47-26-15-22-34(47)29-46(27-25-32-18-11-7-12-19-32)38(49)36(44-40(41-2)42-3)28-33-20-13-8-14-21-33/h6-14,16-21,30,34-36H,15,22-29,42H2,1-5H3,(H,43,47);6-14,16-21,30,34-36H,15,22-29H2,1-5H3,(H,43,48)(H2,41,42,44)/t30-,34-,35+,36-;30-,34-,35-,36+/m00/s1. The van der Waals surface area contributed by atoms with Crippen LogP contribution in [0, 0.1) is 0 Å². The van der Waals surface area contributed by atoms with Gasteiger partial charge < -0.3 is 51.3 Å². The number of amides is 7. The molecule has 6 aromatic rings. The molecule has 0 aliphatic carbocycles. The quantitative estimate of drug-likeness (QED) is 0.0204. The average Bonchev–Trinajstić information content (AvgIpc) is 1.80. The molecule has 2 saturated heterocycles. The number of guanidine groups is 1. The molecule has 6 N–H and O–H groups in total. The lowest BCUT2D eigenvalue weighted by molar-refractivity contribution is -0.140. The molecule has 2 heterocycles. The number of likely N-dealkylation sites (N-methyl/N-ethyl adjacent to an activating group) is 2. The number of nitrogens with two attached hydrogens (primary N) is 1. The molecular weight excluding hydrogens is 1270 g/mol. The molecule has 8 atom stereocenters. The van der Waals surface area contributed by atoms with E-state index in [1.807, 2.05) is 215 Å². The van der Waals surface area contributed by atoms with Crippen molar-refractivity contribution < 1.29 is 38.3 Å². The Morgan fingerprint density at radius 3 is 1.26 bits per heavy atom. The molecule has 20 heteroatoms. The van der Waals surface area contributed by atoms with Crippen LogP contribution in [0.2, 0.25) is 0 Å². The largest absolute Gasteiger partial charge is 0.444 e. The summed E-state index contributed by atoms with van der Waals surface area (Å²) in [4.78, 5) is 112. The summed E-state index contributed by atoms with van der Waals surface area (Å²) in [5, 5.41) is 12.5. The summed E-state index contributed by atoms with van der Waals surface area (Å²) in [6.45, 7) is 11.6. The fraction of sp³-hybridized carbons (Fsp3) is 0.457. The number of carbonyl (C=O) groups is 7. The number of hydrogen-bond donors (Lipinski definition) is 5. The number of aryl methyl sites for hydroxylation is 2. The number of ether oxygens (including phenoxy) is 1. The van der Waals surface area contributed by atoms with Gasteiger partial charge in [0.05, 0.1) is 12.1 Å². The first-order valence-electron chi connectivity index (χ1n) is 35.8. The third-order valence-electron chi connectivity index (χ3n) is 19.0. The molecule has 101 heavy (non-hydrogen) atoms. The summed E-state index contributed by atoms with van der Waals surface area (Å²) in [6.07, 6.45) is 6.83. The van der Waals surface area contributed by atoms with Gasteiger partial charge in [-0.15, -0.1) is 0 Å². The molecule has 20 nitrogen and oxygen atoms in total. The van der Waals surface area contributed by atoms with E-state index in [-0.39, 0.29) is 47.7 Å². The Bertz CT molecular complexity index is 3550. The minimum atomic E-state index is -0.876. The van der Waals surface area contributed by atoms with Gasteiger partial charge in [0.2, 0.25) is 35.4 Å². The van der Waals surface area contributed by atoms with E-state index in [9.17, 15) is 33.6 Å². The summed E-state index contributed by atoms with van der Waals surface area (Å²) in [5.74, 6) is -0.576. The summed E-state index contributed by atoms with van der Waals surface area (Å²) in [5.41, 5.74) is 12.3. The minimum Gasteiger partial charge on any atom is -0.444 e. The van der Waals surface area contributed by atoms with Crippen LogP contribution in [0.5, 0.6) is 0 Å². The monoisotopic (exact) mass is 1380 g/mol. The third kappa shape index (κ3) is 25.3. The number of nitrogens with zero attached hydrogens (tertiary/aromatic N) is 7. The lowest BCUT2D eigenvalue weighted by atomic mass is 10.0. The second-order valence-corrected chi connectivity index (χ2v) is 27.8. The lowest BCUT2D eigenvalue weighted by Gasteiger charge is -2.35. The Labute approximate surface area is 599 Å². The molecule has 542 valence electrons. The van der Waals surface area contributed by atoms with Crippen LogP contribution >= 0.6 is 0 Å². The van der Waals surface area contributed by atoms with Crippen LogP contribution in [-0.2, 0) is 72.0 Å². The van der Waals surface area contributed by atoms with Crippen LogP contribution in [0.1, 0.15) is 107 Å². The van der Waals surface area contributed by atoms with Crippen LogP contribution in [0.25, 0.3) is 0 Å². The van der Waals surface area contributed by atoms with Gasteiger partial charge in [-0.1, -0.05) is 182 Å². The van der Waals surface area contributed by atoms with E-state index < -0.39 is 47.8 Å². The van der Waals surface area contributed by atoms with Crippen molar-refractivity contribution in [2.24, 2.45) is 10.7 Å². The molecule has 2 aliphatic rings. The maximum absolute atomic E-state index is 14.6. The van der Waals surface area contributed by atoms with Gasteiger partial charge in [0, 0.05) is 78.9 Å². The Morgan fingerprint density at radius 2 is 0.881 bits per heavy atom. The van der Waals surface area contributed by atoms with Crippen LogP contribution in [0.15, 0.2) is 187 Å². The second kappa shape index (κ2) is 40.1. The summed E-state index contributed by atoms with van der Waals surface area (Å²) < 4.78 is 5.47. The topological polar surface area (TPSA) is 235 Å². The number of rotatable bonds is 31. The normalized spacial score (nSPS) is 16.3. The van der Waals surface area contributed by atoms with Crippen molar-refractivity contribution in [3.63, 3.8) is 0 Å². The first kappa shape index (κ1) is 78.9. The molecule has 0 unspecified atom stereocenters. The minimum absolute atomic E-state index is 0.0470. The van der Waals surface area contributed by atoms with Crippen molar-refractivity contribution in [1.82, 2.24) is 50.7 Å². The first-order valence-corrected chi connectivity index (χ1v) is 35.8. The van der Waals surface area contributed by atoms with E-state index in [2.05, 4.69) is 38.4 Å². The van der Waals surface area contributed by atoms with E-state index in [1.54, 1.807) is 41.8 Å². The van der Waals surface area contributed by atoms with Gasteiger partial charge in [-0.25, -0.2) is 4.79 Å². The fourth-order valence-electron chi connectivity index (χ4n) is 12.7. The van der Waals surface area contributed by atoms with E-state index >= 15 is 0 Å². The van der Waals surface area contributed by atoms with E-state index in [1.165, 1.54) is 11.9 Å². The number of nitrogens with one attached hydrogen (secondary N) is 4. The van der Waals surface area contributed by atoms with Crippen molar-refractivity contribution in [2.75, 3.05) is 74.5 Å². The number of hydrogen-bond acceptors (Lipinski definition) is 11. The van der Waals surface area contributed by atoms with Crippen LogP contribution in [0.4, 0.5) is 4.79 Å². The highest BCUT2D eigenvalue weighted by Crippen LogP contribution is 2.25. The second-order valence-electron chi connectivity index (χ2n) is 27.8. The predicted molar refractivity (Wildman–Crippen MR) is 401 cm³/mol. The highest BCUT2D eigenvalue weighted by molar-refractivity contribution is 5.92. The van der Waals surface area contributed by atoms with Crippen molar-refractivity contribution >= 4 is 47.5 Å². The highest BCUT2D eigenvalue weighted by Gasteiger charge is 2.40. The van der Waals surface area contributed by atoms with Crippen molar-refractivity contribution in [3.05, 3.63) is 215 Å². The van der Waals surface area contributed by atoms with Gasteiger partial charge in [0.1, 0.15) is 29.8 Å². The predicted octanol–water partition coefficient (Wildman–Crippen LogP) is 8.51. The zero-order valence-corrected chi connectivity index (χ0v) is 61.1. The van der Waals surface area contributed by atoms with Crippen molar-refractivity contribution in [1.29, 1.82) is 0 Å². The molecule has 2 aliphatic heterocycles.